The molecule has 7 nitrogen and oxygen atoms in total. The van der Waals surface area contributed by atoms with Crippen LogP contribution in [-0.4, -0.2) is 83.3 Å². The first-order valence-electron chi connectivity index (χ1n) is 9.95. The number of hydrogen-bond donors (Lipinski definition) is 1. The first kappa shape index (κ1) is 19.3. The predicted molar refractivity (Wildman–Crippen MR) is 98.9 cm³/mol. The summed E-state index contributed by atoms with van der Waals surface area (Å²) in [6.45, 7) is 6.08. The lowest BCUT2D eigenvalue weighted by atomic mass is 10.1. The molecule has 1 aromatic heterocycles. The van der Waals surface area contributed by atoms with Gasteiger partial charge in [-0.2, -0.15) is 0 Å². The van der Waals surface area contributed by atoms with E-state index < -0.39 is 0 Å². The topological polar surface area (TPSA) is 73.0 Å². The number of β-amino-alcohol motifs (C(OH)–C–C–N with tert-alkyl or cyclic N) is 1. The summed E-state index contributed by atoms with van der Waals surface area (Å²) in [6, 6.07) is 1.74. The lowest BCUT2D eigenvalue weighted by Gasteiger charge is -2.28. The zero-order valence-electron chi connectivity index (χ0n) is 15.9. The van der Waals surface area contributed by atoms with E-state index in [2.05, 4.69) is 15.0 Å². The molecule has 7 heteroatoms. The van der Waals surface area contributed by atoms with Crippen LogP contribution in [0, 0.1) is 0 Å². The number of likely N-dealkylation sites (tertiary alicyclic amines) is 2. The van der Waals surface area contributed by atoms with Crippen LogP contribution >= 0.6 is 0 Å². The fourth-order valence-corrected chi connectivity index (χ4v) is 3.83. The van der Waals surface area contributed by atoms with Crippen LogP contribution < -0.4 is 0 Å². The highest BCUT2D eigenvalue weighted by molar-refractivity contribution is 5.92. The number of nitrogens with zero attached hydrogens (tertiary/aromatic N) is 4. The average Bonchev–Trinajstić information content (AvgIpc) is 2.93. The molecule has 3 heterocycles. The second-order valence-corrected chi connectivity index (χ2v) is 7.69. The van der Waals surface area contributed by atoms with Gasteiger partial charge in [-0.25, -0.2) is 0 Å². The zero-order chi connectivity index (χ0) is 18.4. The fraction of sp³-hybridized carbons (Fsp3) is 0.789. The Hall–Kier alpha value is -1.44. The Morgan fingerprint density at radius 3 is 2.69 bits per heavy atom. The first-order valence-corrected chi connectivity index (χ1v) is 9.95. The van der Waals surface area contributed by atoms with Crippen molar-refractivity contribution in [3.8, 4) is 0 Å². The molecule has 1 aromatic rings. The summed E-state index contributed by atoms with van der Waals surface area (Å²) >= 11 is 0. The van der Waals surface area contributed by atoms with E-state index in [-0.39, 0.29) is 12.0 Å². The van der Waals surface area contributed by atoms with Crippen molar-refractivity contribution >= 4 is 5.91 Å². The maximum absolute atomic E-state index is 12.6. The Labute approximate surface area is 155 Å². The van der Waals surface area contributed by atoms with E-state index in [0.29, 0.717) is 31.1 Å². The third kappa shape index (κ3) is 5.53. The summed E-state index contributed by atoms with van der Waals surface area (Å²) in [6.07, 6.45) is 6.74. The van der Waals surface area contributed by atoms with Crippen LogP contribution in [0.4, 0.5) is 0 Å². The third-order valence-electron chi connectivity index (χ3n) is 5.44. The molecule has 26 heavy (non-hydrogen) atoms. The van der Waals surface area contributed by atoms with Gasteiger partial charge in [0.1, 0.15) is 0 Å². The number of carbonyl (C=O) groups excluding carboxylic acids is 1. The predicted octanol–water partition coefficient (Wildman–Crippen LogP) is 1.58. The van der Waals surface area contributed by atoms with Gasteiger partial charge in [0.2, 0.25) is 0 Å². The van der Waals surface area contributed by atoms with Gasteiger partial charge in [0, 0.05) is 32.7 Å². The molecule has 0 saturated carbocycles. The number of rotatable bonds is 6. The number of likely N-dealkylation sites (N-methyl/N-ethyl adjacent to an activating group) is 1. The minimum absolute atomic E-state index is 0.0894. The minimum atomic E-state index is -0.266. The molecule has 146 valence electrons. The van der Waals surface area contributed by atoms with E-state index in [9.17, 15) is 9.90 Å². The first-order chi connectivity index (χ1) is 12.6. The van der Waals surface area contributed by atoms with Crippen LogP contribution in [0.5, 0.6) is 0 Å². The number of aliphatic hydroxyl groups excluding tert-OH is 1. The number of amides is 1. The van der Waals surface area contributed by atoms with Crippen molar-refractivity contribution in [3.63, 3.8) is 0 Å². The van der Waals surface area contributed by atoms with Gasteiger partial charge in [0.25, 0.3) is 5.91 Å². The Morgan fingerprint density at radius 2 is 1.96 bits per heavy atom. The summed E-state index contributed by atoms with van der Waals surface area (Å²) in [5.41, 5.74) is 0.371. The monoisotopic (exact) mass is 364 g/mol. The molecule has 2 aliphatic heterocycles. The van der Waals surface area contributed by atoms with Gasteiger partial charge in [-0.1, -0.05) is 18.0 Å². The molecule has 2 fully saturated rings. The van der Waals surface area contributed by atoms with Gasteiger partial charge in [-0.15, -0.1) is 0 Å². The van der Waals surface area contributed by atoms with Crippen LogP contribution in [0.15, 0.2) is 10.6 Å². The van der Waals surface area contributed by atoms with Gasteiger partial charge in [0.05, 0.1) is 12.6 Å². The summed E-state index contributed by atoms with van der Waals surface area (Å²) in [7, 11) is 1.83. The Bertz CT molecular complexity index is 569. The second-order valence-electron chi connectivity index (χ2n) is 7.69. The van der Waals surface area contributed by atoms with E-state index >= 15 is 0 Å². The number of aliphatic hydroxyl groups is 1. The third-order valence-corrected chi connectivity index (χ3v) is 5.44. The Kier molecular flexibility index (Phi) is 7.05. The van der Waals surface area contributed by atoms with Gasteiger partial charge >= 0.3 is 0 Å². The smallest absolute Gasteiger partial charge is 0.275 e. The van der Waals surface area contributed by atoms with Crippen molar-refractivity contribution in [2.75, 3.05) is 46.3 Å². The van der Waals surface area contributed by atoms with Gasteiger partial charge < -0.3 is 19.4 Å². The zero-order valence-corrected chi connectivity index (χ0v) is 15.9. The highest BCUT2D eigenvalue weighted by atomic mass is 16.5. The molecule has 0 aromatic carbocycles. The van der Waals surface area contributed by atoms with Crippen LogP contribution in [0.1, 0.15) is 54.8 Å². The average molecular weight is 364 g/mol. The van der Waals surface area contributed by atoms with Crippen molar-refractivity contribution in [3.05, 3.63) is 17.5 Å². The number of hydrogen-bond acceptors (Lipinski definition) is 6. The second kappa shape index (κ2) is 9.48. The number of aromatic nitrogens is 1. The molecule has 2 saturated heterocycles. The molecular weight excluding hydrogens is 332 g/mol. The molecule has 1 N–H and O–H groups in total. The van der Waals surface area contributed by atoms with Crippen molar-refractivity contribution < 1.29 is 14.4 Å². The normalized spacial score (nSPS) is 22.9. The summed E-state index contributed by atoms with van der Waals surface area (Å²) in [5, 5.41) is 13.7. The fourth-order valence-electron chi connectivity index (χ4n) is 3.83. The van der Waals surface area contributed by atoms with Crippen molar-refractivity contribution in [1.29, 1.82) is 0 Å². The lowest BCUT2D eigenvalue weighted by molar-refractivity contribution is 0.0622. The van der Waals surface area contributed by atoms with E-state index in [0.717, 1.165) is 39.0 Å². The largest absolute Gasteiger partial charge is 0.392 e. The molecular formula is C19H32N4O3. The van der Waals surface area contributed by atoms with Crippen molar-refractivity contribution in [1.82, 2.24) is 19.9 Å². The van der Waals surface area contributed by atoms with Crippen molar-refractivity contribution in [2.24, 2.45) is 0 Å². The quantitative estimate of drug-likeness (QED) is 0.826. The highest BCUT2D eigenvalue weighted by Crippen LogP contribution is 2.15. The van der Waals surface area contributed by atoms with Crippen LogP contribution in [0.3, 0.4) is 0 Å². The molecule has 2 aliphatic rings. The van der Waals surface area contributed by atoms with Crippen LogP contribution in [-0.2, 0) is 6.54 Å². The maximum atomic E-state index is 12.6. The van der Waals surface area contributed by atoms with Gasteiger partial charge in [-0.3, -0.25) is 9.69 Å². The van der Waals surface area contributed by atoms with Crippen LogP contribution in [0.25, 0.3) is 0 Å². The molecule has 3 rings (SSSR count). The summed E-state index contributed by atoms with van der Waals surface area (Å²) in [5.74, 6) is 0.594. The maximum Gasteiger partial charge on any atom is 0.275 e. The van der Waals surface area contributed by atoms with Gasteiger partial charge in [-0.05, 0) is 45.3 Å². The van der Waals surface area contributed by atoms with E-state index in [1.165, 1.54) is 25.7 Å². The number of piperidine rings is 1. The SMILES string of the molecule is CN(CCN1CCCCCC1)C(=O)c1cc(CN2CCC[C@@H](O)C2)on1. The minimum Gasteiger partial charge on any atom is -0.392 e. The Balaban J connectivity index is 1.47. The van der Waals surface area contributed by atoms with E-state index in [4.69, 9.17) is 4.52 Å². The molecule has 0 radical (unpaired) electrons. The highest BCUT2D eigenvalue weighted by Gasteiger charge is 2.22. The van der Waals surface area contributed by atoms with E-state index in [1.807, 2.05) is 7.05 Å². The Morgan fingerprint density at radius 1 is 1.23 bits per heavy atom. The molecule has 0 aliphatic carbocycles. The molecule has 0 spiro atoms. The lowest BCUT2D eigenvalue weighted by Crippen LogP contribution is -2.37. The van der Waals surface area contributed by atoms with Gasteiger partial charge in [0.15, 0.2) is 11.5 Å². The molecule has 1 amide bonds. The van der Waals surface area contributed by atoms with Crippen molar-refractivity contribution in [2.45, 2.75) is 51.2 Å². The molecule has 0 unspecified atom stereocenters. The number of carbonyl (C=O) groups is 1. The summed E-state index contributed by atoms with van der Waals surface area (Å²) < 4.78 is 5.35. The van der Waals surface area contributed by atoms with Crippen LogP contribution in [0.2, 0.25) is 0 Å². The summed E-state index contributed by atoms with van der Waals surface area (Å²) in [4.78, 5) is 18.9. The standard InChI is InChI=1S/C19H32N4O3/c1-21(11-12-22-8-4-2-3-5-9-22)19(25)18-13-17(26-20-18)15-23-10-6-7-16(24)14-23/h13,16,24H,2-12,14-15H2,1H3/t16-/m1/s1. The molecule has 1 atom stereocenters. The van der Waals surface area contributed by atoms with E-state index in [1.54, 1.807) is 11.0 Å². The molecule has 0 bridgehead atoms.